The normalized spacial score (nSPS) is 18.4. The predicted molar refractivity (Wildman–Crippen MR) is 141 cm³/mol. The number of fused-ring (bicyclic) bond motifs is 1. The maximum absolute atomic E-state index is 13.1. The first-order valence-electron chi connectivity index (χ1n) is 12.2. The van der Waals surface area contributed by atoms with E-state index in [1.165, 1.54) is 15.8 Å². The number of hydrogen-bond acceptors (Lipinski definition) is 6. The van der Waals surface area contributed by atoms with Crippen LogP contribution in [0.25, 0.3) is 10.2 Å². The number of anilines is 1. The topological polar surface area (TPSA) is 73.8 Å². The van der Waals surface area contributed by atoms with Gasteiger partial charge in [0.1, 0.15) is 0 Å². The number of aryl methyl sites for hydroxylation is 2. The van der Waals surface area contributed by atoms with Gasteiger partial charge >= 0.3 is 0 Å². The van der Waals surface area contributed by atoms with E-state index in [0.29, 0.717) is 37.7 Å². The van der Waals surface area contributed by atoms with Crippen LogP contribution in [0.15, 0.2) is 41.3 Å². The first-order valence-corrected chi connectivity index (χ1v) is 14.5. The Kier molecular flexibility index (Phi) is 6.59. The summed E-state index contributed by atoms with van der Waals surface area (Å²) in [5.74, 6) is 0.501. The Morgan fingerprint density at radius 3 is 2.23 bits per heavy atom. The minimum absolute atomic E-state index is 0.0593. The molecule has 2 saturated heterocycles. The van der Waals surface area contributed by atoms with Crippen molar-refractivity contribution in [1.82, 2.24) is 14.2 Å². The summed E-state index contributed by atoms with van der Waals surface area (Å²) in [7, 11) is -3.51. The van der Waals surface area contributed by atoms with E-state index >= 15 is 0 Å². The number of amides is 1. The number of piperazine rings is 1. The van der Waals surface area contributed by atoms with Crippen molar-refractivity contribution in [3.8, 4) is 0 Å². The number of sulfonamides is 1. The molecular formula is C26H32N4O3S2. The van der Waals surface area contributed by atoms with Crippen LogP contribution >= 0.6 is 11.3 Å². The maximum atomic E-state index is 13.1. The fourth-order valence-corrected chi connectivity index (χ4v) is 7.30. The number of rotatable bonds is 4. The van der Waals surface area contributed by atoms with Crippen molar-refractivity contribution in [2.75, 3.05) is 44.2 Å². The van der Waals surface area contributed by atoms with Gasteiger partial charge in [-0.1, -0.05) is 18.3 Å². The maximum Gasteiger partial charge on any atom is 0.253 e. The van der Waals surface area contributed by atoms with Crippen molar-refractivity contribution in [1.29, 1.82) is 0 Å². The molecule has 0 bridgehead atoms. The number of piperidine rings is 1. The number of carbonyl (C=O) groups excluding carboxylic acids is 1. The molecule has 2 aliphatic heterocycles. The monoisotopic (exact) mass is 512 g/mol. The molecule has 0 aliphatic carbocycles. The summed E-state index contributed by atoms with van der Waals surface area (Å²) >= 11 is 1.70. The average molecular weight is 513 g/mol. The molecule has 2 fully saturated rings. The lowest BCUT2D eigenvalue weighted by molar-refractivity contribution is 0.0746. The van der Waals surface area contributed by atoms with Crippen LogP contribution in [0.3, 0.4) is 0 Å². The van der Waals surface area contributed by atoms with Crippen LogP contribution < -0.4 is 4.90 Å². The highest BCUT2D eigenvalue weighted by Gasteiger charge is 2.29. The fraction of sp³-hybridized carbons (Fsp3) is 0.462. The van der Waals surface area contributed by atoms with Crippen molar-refractivity contribution in [2.24, 2.45) is 5.92 Å². The highest BCUT2D eigenvalue weighted by molar-refractivity contribution is 7.89. The second-order valence-electron chi connectivity index (χ2n) is 9.79. The molecular weight excluding hydrogens is 480 g/mol. The summed E-state index contributed by atoms with van der Waals surface area (Å²) in [6.07, 6.45) is 1.77. The van der Waals surface area contributed by atoms with Crippen LogP contribution in [-0.2, 0) is 10.0 Å². The molecule has 3 aromatic rings. The summed E-state index contributed by atoms with van der Waals surface area (Å²) < 4.78 is 28.7. The number of nitrogens with zero attached hydrogens (tertiary/aromatic N) is 4. The third kappa shape index (κ3) is 4.81. The molecule has 9 heteroatoms. The van der Waals surface area contributed by atoms with E-state index in [2.05, 4.69) is 37.8 Å². The molecule has 1 amide bonds. The quantitative estimate of drug-likeness (QED) is 0.521. The van der Waals surface area contributed by atoms with Crippen LogP contribution in [0.4, 0.5) is 5.13 Å². The highest BCUT2D eigenvalue weighted by Crippen LogP contribution is 2.31. The van der Waals surface area contributed by atoms with Gasteiger partial charge in [-0.25, -0.2) is 13.4 Å². The van der Waals surface area contributed by atoms with Crippen molar-refractivity contribution < 1.29 is 13.2 Å². The van der Waals surface area contributed by atoms with E-state index in [4.69, 9.17) is 4.98 Å². The van der Waals surface area contributed by atoms with E-state index in [0.717, 1.165) is 36.6 Å². The zero-order chi connectivity index (χ0) is 24.7. The molecule has 7 nitrogen and oxygen atoms in total. The lowest BCUT2D eigenvalue weighted by Gasteiger charge is -2.34. The molecule has 2 aromatic carbocycles. The van der Waals surface area contributed by atoms with Crippen molar-refractivity contribution >= 4 is 42.6 Å². The summed E-state index contributed by atoms with van der Waals surface area (Å²) in [4.78, 5) is 22.3. The highest BCUT2D eigenvalue weighted by atomic mass is 32.2. The second-order valence-corrected chi connectivity index (χ2v) is 12.7. The minimum atomic E-state index is -3.51. The number of carbonyl (C=O) groups is 1. The summed E-state index contributed by atoms with van der Waals surface area (Å²) in [5.41, 5.74) is 4.07. The van der Waals surface area contributed by atoms with Gasteiger partial charge in [-0.15, -0.1) is 0 Å². The fourth-order valence-electron chi connectivity index (χ4n) is 4.73. The number of thiazole rings is 1. The molecule has 5 rings (SSSR count). The Bertz CT molecular complexity index is 1300. The lowest BCUT2D eigenvalue weighted by Crippen LogP contribution is -2.48. The summed E-state index contributed by atoms with van der Waals surface area (Å²) in [6, 6.07) is 10.8. The first kappa shape index (κ1) is 24.2. The van der Waals surface area contributed by atoms with Crippen LogP contribution in [0.5, 0.6) is 0 Å². The van der Waals surface area contributed by atoms with Crippen molar-refractivity contribution in [3.05, 3.63) is 53.1 Å². The first-order chi connectivity index (χ1) is 16.7. The average Bonchev–Trinajstić information content (AvgIpc) is 3.27. The summed E-state index contributed by atoms with van der Waals surface area (Å²) in [5, 5.41) is 0.999. The zero-order valence-corrected chi connectivity index (χ0v) is 22.2. The van der Waals surface area contributed by atoms with Gasteiger partial charge in [0.15, 0.2) is 5.13 Å². The van der Waals surface area contributed by atoms with Gasteiger partial charge in [0.05, 0.1) is 15.1 Å². The van der Waals surface area contributed by atoms with Crippen LogP contribution in [0, 0.1) is 19.8 Å². The van der Waals surface area contributed by atoms with E-state index in [1.807, 2.05) is 4.90 Å². The molecule has 2 aliphatic rings. The largest absolute Gasteiger partial charge is 0.345 e. The lowest BCUT2D eigenvalue weighted by atomic mass is 10.0. The van der Waals surface area contributed by atoms with Crippen molar-refractivity contribution in [2.45, 2.75) is 38.5 Å². The molecule has 1 aromatic heterocycles. The summed E-state index contributed by atoms with van der Waals surface area (Å²) in [6.45, 7) is 10.2. The van der Waals surface area contributed by atoms with Gasteiger partial charge in [0.2, 0.25) is 10.0 Å². The second kappa shape index (κ2) is 9.52. The minimum Gasteiger partial charge on any atom is -0.345 e. The molecule has 3 heterocycles. The number of benzene rings is 2. The molecule has 0 N–H and O–H groups in total. The molecule has 0 radical (unpaired) electrons. The van der Waals surface area contributed by atoms with Gasteiger partial charge in [-0.05, 0) is 80.1 Å². The molecule has 0 spiro atoms. The Morgan fingerprint density at radius 1 is 0.943 bits per heavy atom. The Labute approximate surface area is 211 Å². The van der Waals surface area contributed by atoms with Gasteiger partial charge < -0.3 is 9.80 Å². The molecule has 186 valence electrons. The van der Waals surface area contributed by atoms with Gasteiger partial charge in [0, 0.05) is 44.8 Å². The third-order valence-corrected chi connectivity index (χ3v) is 10.3. The molecule has 35 heavy (non-hydrogen) atoms. The van der Waals surface area contributed by atoms with Gasteiger partial charge in [0.25, 0.3) is 5.91 Å². The Morgan fingerprint density at radius 2 is 1.57 bits per heavy atom. The SMILES string of the molecule is Cc1cc2nc(N3CCN(C(=O)c4ccc(S(=O)(=O)N5CCC(C)CC5)cc4)CC3)sc2cc1C. The van der Waals surface area contributed by atoms with Gasteiger partial charge in [-0.3, -0.25) is 4.79 Å². The zero-order valence-electron chi connectivity index (χ0n) is 20.5. The molecule has 0 saturated carbocycles. The standard InChI is InChI=1S/C26H32N4O3S2/c1-18-8-10-30(11-9-18)35(32,33)22-6-4-21(5-7-22)25(31)28-12-14-29(15-13-28)26-27-23-16-19(2)20(3)17-24(23)34-26/h4-7,16-18H,8-15H2,1-3H3. The number of hydrogen-bond donors (Lipinski definition) is 0. The molecule has 0 unspecified atom stereocenters. The van der Waals surface area contributed by atoms with Crippen LogP contribution in [0.2, 0.25) is 0 Å². The third-order valence-electron chi connectivity index (χ3n) is 7.31. The Balaban J connectivity index is 1.22. The predicted octanol–water partition coefficient (Wildman–Crippen LogP) is 4.30. The number of aromatic nitrogens is 1. The van der Waals surface area contributed by atoms with Crippen LogP contribution in [0.1, 0.15) is 41.3 Å². The van der Waals surface area contributed by atoms with Gasteiger partial charge in [-0.2, -0.15) is 4.31 Å². The molecule has 0 atom stereocenters. The van der Waals surface area contributed by atoms with E-state index in [9.17, 15) is 13.2 Å². The van der Waals surface area contributed by atoms with E-state index < -0.39 is 10.0 Å². The smallest absolute Gasteiger partial charge is 0.253 e. The van der Waals surface area contributed by atoms with Crippen molar-refractivity contribution in [3.63, 3.8) is 0 Å². The van der Waals surface area contributed by atoms with E-state index in [1.54, 1.807) is 39.9 Å². The Hall–Kier alpha value is -2.49. The van der Waals surface area contributed by atoms with E-state index in [-0.39, 0.29) is 10.8 Å². The van der Waals surface area contributed by atoms with Crippen LogP contribution in [-0.4, -0.2) is 67.8 Å².